The first-order valence-corrected chi connectivity index (χ1v) is 5.09. The zero-order chi connectivity index (χ0) is 11.7. The quantitative estimate of drug-likeness (QED) is 0.609. The molecule has 2 nitrogen and oxygen atoms in total. The summed E-state index contributed by atoms with van der Waals surface area (Å²) in [6.07, 6.45) is 2.40. The number of rotatable bonds is 3. The first-order chi connectivity index (χ1) is 7.11. The van der Waals surface area contributed by atoms with Crippen LogP contribution in [0.5, 0.6) is 0 Å². The Bertz CT molecular complexity index is 291. The van der Waals surface area contributed by atoms with E-state index in [-0.39, 0.29) is 5.78 Å². The molecular formula is C13H19NO. The summed E-state index contributed by atoms with van der Waals surface area (Å²) in [5.74, 6) is -0.0272. The first-order valence-electron chi connectivity index (χ1n) is 5.09. The third kappa shape index (κ3) is 6.63. The molecule has 1 unspecified atom stereocenters. The van der Waals surface area contributed by atoms with E-state index >= 15 is 0 Å². The molecule has 0 fully saturated rings. The van der Waals surface area contributed by atoms with Crippen LogP contribution in [0.25, 0.3) is 0 Å². The van der Waals surface area contributed by atoms with Crippen molar-refractivity contribution in [1.82, 2.24) is 0 Å². The van der Waals surface area contributed by atoms with Gasteiger partial charge in [0.2, 0.25) is 0 Å². The predicted molar refractivity (Wildman–Crippen MR) is 64.9 cm³/mol. The van der Waals surface area contributed by atoms with E-state index in [1.165, 1.54) is 6.08 Å². The lowest BCUT2D eigenvalue weighted by molar-refractivity contribution is 0.104. The van der Waals surface area contributed by atoms with Crippen LogP contribution in [0.15, 0.2) is 43.0 Å². The van der Waals surface area contributed by atoms with E-state index in [1.807, 2.05) is 25.1 Å². The molecule has 0 amide bonds. The Hall–Kier alpha value is -1.41. The van der Waals surface area contributed by atoms with Crippen LogP contribution in [-0.2, 0) is 0 Å². The second-order valence-corrected chi connectivity index (χ2v) is 3.32. The Labute approximate surface area is 91.8 Å². The molecule has 0 saturated carbocycles. The number of ketones is 1. The standard InChI is InChI=1S/C9H8O.C4H11N/c1-2-9(10)8-6-4-3-5-7-8;1-3-4(2)5/h2-7H,1H2;4H,3,5H2,1-2H3. The van der Waals surface area contributed by atoms with Crippen molar-refractivity contribution >= 4 is 5.78 Å². The van der Waals surface area contributed by atoms with Crippen LogP contribution in [0.3, 0.4) is 0 Å². The van der Waals surface area contributed by atoms with Crippen LogP contribution in [0.4, 0.5) is 0 Å². The SMILES string of the molecule is C=CC(=O)c1ccccc1.CCC(C)N. The Balaban J connectivity index is 0.000000336. The second kappa shape index (κ2) is 7.94. The average Bonchev–Trinajstić information content (AvgIpc) is 2.30. The molecule has 0 spiro atoms. The third-order valence-electron chi connectivity index (χ3n) is 1.89. The van der Waals surface area contributed by atoms with Gasteiger partial charge in [0.25, 0.3) is 0 Å². The molecule has 1 atom stereocenters. The minimum absolute atomic E-state index is 0.0272. The van der Waals surface area contributed by atoms with E-state index in [1.54, 1.807) is 12.1 Å². The van der Waals surface area contributed by atoms with Crippen LogP contribution in [-0.4, -0.2) is 11.8 Å². The number of allylic oxidation sites excluding steroid dienone is 1. The van der Waals surface area contributed by atoms with Gasteiger partial charge in [-0.05, 0) is 19.4 Å². The summed E-state index contributed by atoms with van der Waals surface area (Å²) in [6.45, 7) is 7.46. The summed E-state index contributed by atoms with van der Waals surface area (Å²) in [6, 6.07) is 9.46. The number of carbonyl (C=O) groups excluding carboxylic acids is 1. The maximum Gasteiger partial charge on any atom is 0.185 e. The molecule has 1 aromatic carbocycles. The summed E-state index contributed by atoms with van der Waals surface area (Å²) in [7, 11) is 0. The summed E-state index contributed by atoms with van der Waals surface area (Å²) < 4.78 is 0. The number of hydrogen-bond acceptors (Lipinski definition) is 2. The fraction of sp³-hybridized carbons (Fsp3) is 0.308. The topological polar surface area (TPSA) is 43.1 Å². The van der Waals surface area contributed by atoms with Crippen LogP contribution in [0.2, 0.25) is 0 Å². The molecule has 0 heterocycles. The summed E-state index contributed by atoms with van der Waals surface area (Å²) in [4.78, 5) is 10.9. The Morgan fingerprint density at radius 3 is 2.27 bits per heavy atom. The molecule has 0 aliphatic rings. The van der Waals surface area contributed by atoms with Gasteiger partial charge in [0, 0.05) is 11.6 Å². The molecular weight excluding hydrogens is 186 g/mol. The van der Waals surface area contributed by atoms with Crippen LogP contribution < -0.4 is 5.73 Å². The van der Waals surface area contributed by atoms with Gasteiger partial charge in [-0.15, -0.1) is 0 Å². The minimum atomic E-state index is -0.0272. The first kappa shape index (κ1) is 13.6. The van der Waals surface area contributed by atoms with Crippen LogP contribution in [0, 0.1) is 0 Å². The number of hydrogen-bond donors (Lipinski definition) is 1. The van der Waals surface area contributed by atoms with E-state index in [9.17, 15) is 4.79 Å². The van der Waals surface area contributed by atoms with Crippen molar-refractivity contribution in [3.8, 4) is 0 Å². The molecule has 0 bridgehead atoms. The molecule has 15 heavy (non-hydrogen) atoms. The molecule has 0 aliphatic carbocycles. The Kier molecular flexibility index (Phi) is 7.20. The van der Waals surface area contributed by atoms with E-state index in [0.717, 1.165) is 6.42 Å². The third-order valence-corrected chi connectivity index (χ3v) is 1.89. The maximum absolute atomic E-state index is 10.9. The molecule has 0 saturated heterocycles. The van der Waals surface area contributed by atoms with Gasteiger partial charge in [0.1, 0.15) is 0 Å². The Morgan fingerprint density at radius 2 is 1.93 bits per heavy atom. The number of carbonyl (C=O) groups is 1. The normalized spacial score (nSPS) is 10.9. The zero-order valence-corrected chi connectivity index (χ0v) is 9.44. The molecule has 0 aromatic heterocycles. The van der Waals surface area contributed by atoms with Gasteiger partial charge in [0.15, 0.2) is 5.78 Å². The lowest BCUT2D eigenvalue weighted by atomic mass is 10.1. The van der Waals surface area contributed by atoms with E-state index in [0.29, 0.717) is 11.6 Å². The molecule has 0 aliphatic heterocycles. The molecule has 2 N–H and O–H groups in total. The van der Waals surface area contributed by atoms with Gasteiger partial charge in [0.05, 0.1) is 0 Å². The summed E-state index contributed by atoms with van der Waals surface area (Å²) in [5.41, 5.74) is 5.98. The van der Waals surface area contributed by atoms with Gasteiger partial charge < -0.3 is 5.73 Å². The minimum Gasteiger partial charge on any atom is -0.328 e. The molecule has 1 rings (SSSR count). The van der Waals surface area contributed by atoms with Gasteiger partial charge in [-0.25, -0.2) is 0 Å². The fourth-order valence-corrected chi connectivity index (χ4v) is 0.720. The zero-order valence-electron chi connectivity index (χ0n) is 9.44. The van der Waals surface area contributed by atoms with Crippen LogP contribution in [0.1, 0.15) is 30.6 Å². The van der Waals surface area contributed by atoms with E-state index in [4.69, 9.17) is 5.73 Å². The fourth-order valence-electron chi connectivity index (χ4n) is 0.720. The predicted octanol–water partition coefficient (Wildman–Crippen LogP) is 2.80. The number of benzene rings is 1. The average molecular weight is 205 g/mol. The van der Waals surface area contributed by atoms with Crippen molar-refractivity contribution in [2.45, 2.75) is 26.3 Å². The van der Waals surface area contributed by atoms with Gasteiger partial charge in [-0.1, -0.05) is 43.8 Å². The van der Waals surface area contributed by atoms with Gasteiger partial charge in [-0.3, -0.25) is 4.79 Å². The lowest BCUT2D eigenvalue weighted by Crippen LogP contribution is -2.11. The van der Waals surface area contributed by atoms with Crippen molar-refractivity contribution in [2.24, 2.45) is 5.73 Å². The lowest BCUT2D eigenvalue weighted by Gasteiger charge is -1.91. The highest BCUT2D eigenvalue weighted by atomic mass is 16.1. The smallest absolute Gasteiger partial charge is 0.185 e. The highest BCUT2D eigenvalue weighted by Gasteiger charge is 1.95. The van der Waals surface area contributed by atoms with Crippen molar-refractivity contribution < 1.29 is 4.79 Å². The summed E-state index contributed by atoms with van der Waals surface area (Å²) >= 11 is 0. The molecule has 2 heteroatoms. The van der Waals surface area contributed by atoms with Crippen molar-refractivity contribution in [3.63, 3.8) is 0 Å². The van der Waals surface area contributed by atoms with E-state index < -0.39 is 0 Å². The van der Waals surface area contributed by atoms with Gasteiger partial charge >= 0.3 is 0 Å². The second-order valence-electron chi connectivity index (χ2n) is 3.32. The van der Waals surface area contributed by atoms with E-state index in [2.05, 4.69) is 13.5 Å². The van der Waals surface area contributed by atoms with Crippen molar-refractivity contribution in [1.29, 1.82) is 0 Å². The highest BCUT2D eigenvalue weighted by molar-refractivity contribution is 6.04. The highest BCUT2D eigenvalue weighted by Crippen LogP contribution is 1.99. The number of nitrogens with two attached hydrogens (primary N) is 1. The largest absolute Gasteiger partial charge is 0.328 e. The Morgan fingerprint density at radius 1 is 1.47 bits per heavy atom. The molecule has 1 aromatic rings. The van der Waals surface area contributed by atoms with Crippen LogP contribution >= 0.6 is 0 Å². The monoisotopic (exact) mass is 205 g/mol. The van der Waals surface area contributed by atoms with Gasteiger partial charge in [-0.2, -0.15) is 0 Å². The van der Waals surface area contributed by atoms with Crippen molar-refractivity contribution in [2.75, 3.05) is 0 Å². The molecule has 82 valence electrons. The molecule has 0 radical (unpaired) electrons. The maximum atomic E-state index is 10.9. The van der Waals surface area contributed by atoms with Crippen molar-refractivity contribution in [3.05, 3.63) is 48.6 Å². The summed E-state index contributed by atoms with van der Waals surface area (Å²) in [5, 5.41) is 0.